The van der Waals surface area contributed by atoms with Crippen molar-refractivity contribution in [3.05, 3.63) is 87.2 Å². The molecule has 0 atom stereocenters. The van der Waals surface area contributed by atoms with Crippen LogP contribution in [0.4, 0.5) is 15.2 Å². The number of benzene rings is 3. The third-order valence-corrected chi connectivity index (χ3v) is 6.36. The highest BCUT2D eigenvalue weighted by molar-refractivity contribution is 7.22. The predicted molar refractivity (Wildman–Crippen MR) is 128 cm³/mol. The van der Waals surface area contributed by atoms with Crippen LogP contribution in [0, 0.1) is 12.7 Å². The molecule has 162 valence electrons. The van der Waals surface area contributed by atoms with E-state index in [-0.39, 0.29) is 22.9 Å². The lowest BCUT2D eigenvalue weighted by Gasteiger charge is -2.10. The normalized spacial score (nSPS) is 10.9. The summed E-state index contributed by atoms with van der Waals surface area (Å²) >= 11 is 13.4. The maximum atomic E-state index is 13.9. The number of nitrogens with zero attached hydrogens (tertiary/aromatic N) is 1. The van der Waals surface area contributed by atoms with Gasteiger partial charge in [0.1, 0.15) is 5.82 Å². The molecule has 2 amide bonds. The van der Waals surface area contributed by atoms with Crippen molar-refractivity contribution >= 4 is 67.4 Å². The first-order valence-corrected chi connectivity index (χ1v) is 11.1. The second-order valence-corrected chi connectivity index (χ2v) is 8.86. The van der Waals surface area contributed by atoms with Gasteiger partial charge in [-0.3, -0.25) is 9.59 Å². The van der Waals surface area contributed by atoms with Crippen LogP contribution < -0.4 is 10.6 Å². The van der Waals surface area contributed by atoms with E-state index >= 15 is 0 Å². The Hall–Kier alpha value is -3.00. The summed E-state index contributed by atoms with van der Waals surface area (Å²) in [6.07, 6.45) is -0.216. The first-order chi connectivity index (χ1) is 15.3. The van der Waals surface area contributed by atoms with Crippen LogP contribution in [0.15, 0.2) is 54.6 Å². The number of aromatic nitrogens is 1. The van der Waals surface area contributed by atoms with E-state index in [2.05, 4.69) is 15.6 Å². The number of nitrogens with one attached hydrogen (secondary N) is 2. The third-order valence-electron chi connectivity index (χ3n) is 4.76. The first-order valence-electron chi connectivity index (χ1n) is 9.51. The number of halogens is 3. The molecule has 0 fully saturated rings. The summed E-state index contributed by atoms with van der Waals surface area (Å²) < 4.78 is 14.6. The number of para-hydroxylation sites is 1. The van der Waals surface area contributed by atoms with Gasteiger partial charge in [0.2, 0.25) is 5.91 Å². The maximum absolute atomic E-state index is 13.9. The number of carbonyl (C=O) groups is 2. The van der Waals surface area contributed by atoms with Gasteiger partial charge in [0.15, 0.2) is 5.13 Å². The molecule has 0 spiro atoms. The molecule has 3 aromatic carbocycles. The molecular formula is C23H16Cl2FN3O2S. The number of amides is 2. The molecular weight excluding hydrogens is 472 g/mol. The van der Waals surface area contributed by atoms with E-state index in [4.69, 9.17) is 23.2 Å². The summed E-state index contributed by atoms with van der Waals surface area (Å²) in [5, 5.41) is 6.48. The Kier molecular flexibility index (Phi) is 6.41. The maximum Gasteiger partial charge on any atom is 0.255 e. The number of hydrogen-bond acceptors (Lipinski definition) is 4. The molecule has 0 saturated carbocycles. The Morgan fingerprint density at radius 3 is 2.53 bits per heavy atom. The van der Waals surface area contributed by atoms with Gasteiger partial charge in [-0.05, 0) is 48.9 Å². The third kappa shape index (κ3) is 4.75. The fourth-order valence-electron chi connectivity index (χ4n) is 3.12. The van der Waals surface area contributed by atoms with Crippen molar-refractivity contribution < 1.29 is 14.0 Å². The lowest BCUT2D eigenvalue weighted by Crippen LogP contribution is -2.15. The molecule has 1 aromatic heterocycles. The zero-order valence-corrected chi connectivity index (χ0v) is 19.0. The van der Waals surface area contributed by atoms with Crippen LogP contribution in [0.25, 0.3) is 10.2 Å². The summed E-state index contributed by atoms with van der Waals surface area (Å²) in [6.45, 7) is 1.86. The van der Waals surface area contributed by atoms with Crippen LogP contribution in [0.5, 0.6) is 0 Å². The predicted octanol–water partition coefficient (Wildman–Crippen LogP) is 6.48. The highest BCUT2D eigenvalue weighted by Crippen LogP contribution is 2.29. The smallest absolute Gasteiger partial charge is 0.255 e. The molecule has 4 rings (SSSR count). The number of carbonyl (C=O) groups excluding carboxylic acids is 2. The molecule has 1 heterocycles. The average Bonchev–Trinajstić information content (AvgIpc) is 3.14. The van der Waals surface area contributed by atoms with Crippen LogP contribution >= 0.6 is 34.5 Å². The van der Waals surface area contributed by atoms with Crippen LogP contribution in [0.3, 0.4) is 0 Å². The fraction of sp³-hybridized carbons (Fsp3) is 0.0870. The lowest BCUT2D eigenvalue weighted by atomic mass is 10.1. The quantitative estimate of drug-likeness (QED) is 0.338. The fourth-order valence-corrected chi connectivity index (χ4v) is 4.54. The molecule has 0 radical (unpaired) electrons. The van der Waals surface area contributed by atoms with Crippen molar-refractivity contribution in [2.75, 3.05) is 10.6 Å². The standard InChI is InChI=1S/C23H16Cl2FN3O2S/c1-12-4-2-6-16(25)21(12)29-22(31)13-8-9-18-19(10-13)32-23(27-18)28-20(30)11-14-15(24)5-3-7-17(14)26/h2-10H,11H2,1H3,(H,29,31)(H,27,28,30). The topological polar surface area (TPSA) is 71.1 Å². The molecule has 9 heteroatoms. The summed E-state index contributed by atoms with van der Waals surface area (Å²) in [4.78, 5) is 29.4. The number of hydrogen-bond donors (Lipinski definition) is 2. The van der Waals surface area contributed by atoms with Gasteiger partial charge >= 0.3 is 0 Å². The van der Waals surface area contributed by atoms with Crippen molar-refractivity contribution in [3.63, 3.8) is 0 Å². The van der Waals surface area contributed by atoms with Crippen LogP contribution in [0.2, 0.25) is 10.0 Å². The van der Waals surface area contributed by atoms with Crippen LogP contribution in [-0.4, -0.2) is 16.8 Å². The minimum absolute atomic E-state index is 0.126. The SMILES string of the molecule is Cc1cccc(Cl)c1NC(=O)c1ccc2nc(NC(=O)Cc3c(F)cccc3Cl)sc2c1. The summed E-state index contributed by atoms with van der Waals surface area (Å²) in [6, 6.07) is 14.7. The van der Waals surface area contributed by atoms with E-state index in [1.807, 2.05) is 19.1 Å². The Morgan fingerprint density at radius 1 is 1.03 bits per heavy atom. The van der Waals surface area contributed by atoms with Gasteiger partial charge in [-0.15, -0.1) is 0 Å². The minimum atomic E-state index is -0.540. The van der Waals surface area contributed by atoms with Gasteiger partial charge in [0, 0.05) is 16.1 Å². The Labute approximate surface area is 197 Å². The lowest BCUT2D eigenvalue weighted by molar-refractivity contribution is -0.115. The van der Waals surface area contributed by atoms with Gasteiger partial charge in [-0.1, -0.05) is 52.7 Å². The van der Waals surface area contributed by atoms with Gasteiger partial charge < -0.3 is 10.6 Å². The number of fused-ring (bicyclic) bond motifs is 1. The number of anilines is 2. The number of aryl methyl sites for hydroxylation is 1. The monoisotopic (exact) mass is 487 g/mol. The number of rotatable bonds is 5. The highest BCUT2D eigenvalue weighted by Gasteiger charge is 2.16. The van der Waals surface area contributed by atoms with Crippen molar-refractivity contribution in [1.82, 2.24) is 4.98 Å². The van der Waals surface area contributed by atoms with E-state index in [0.717, 1.165) is 5.56 Å². The van der Waals surface area contributed by atoms with Crippen molar-refractivity contribution in [3.8, 4) is 0 Å². The zero-order chi connectivity index (χ0) is 22.8. The summed E-state index contributed by atoms with van der Waals surface area (Å²) in [7, 11) is 0. The Morgan fingerprint density at radius 2 is 1.78 bits per heavy atom. The van der Waals surface area contributed by atoms with Gasteiger partial charge in [-0.25, -0.2) is 9.37 Å². The molecule has 32 heavy (non-hydrogen) atoms. The molecule has 0 bridgehead atoms. The van der Waals surface area contributed by atoms with Gasteiger partial charge in [0.05, 0.1) is 27.3 Å². The molecule has 0 unspecified atom stereocenters. The summed E-state index contributed by atoms with van der Waals surface area (Å²) in [5.74, 6) is -1.29. The van der Waals surface area contributed by atoms with Crippen LogP contribution in [-0.2, 0) is 11.2 Å². The molecule has 5 nitrogen and oxygen atoms in total. The zero-order valence-electron chi connectivity index (χ0n) is 16.7. The average molecular weight is 488 g/mol. The Bertz CT molecular complexity index is 1320. The van der Waals surface area contributed by atoms with Gasteiger partial charge in [0.25, 0.3) is 5.91 Å². The van der Waals surface area contributed by atoms with E-state index in [0.29, 0.717) is 31.6 Å². The molecule has 0 aliphatic heterocycles. The molecule has 0 aliphatic rings. The molecule has 4 aromatic rings. The van der Waals surface area contributed by atoms with E-state index in [1.165, 1.54) is 29.5 Å². The van der Waals surface area contributed by atoms with Gasteiger partial charge in [-0.2, -0.15) is 0 Å². The largest absolute Gasteiger partial charge is 0.320 e. The van der Waals surface area contributed by atoms with Crippen LogP contribution in [0.1, 0.15) is 21.5 Å². The van der Waals surface area contributed by atoms with Crippen molar-refractivity contribution in [1.29, 1.82) is 0 Å². The Balaban J connectivity index is 1.50. The molecule has 2 N–H and O–H groups in total. The summed E-state index contributed by atoms with van der Waals surface area (Å²) in [5.41, 5.74) is 2.59. The second kappa shape index (κ2) is 9.24. The number of thiazole rings is 1. The van der Waals surface area contributed by atoms with E-state index in [9.17, 15) is 14.0 Å². The van der Waals surface area contributed by atoms with Crippen molar-refractivity contribution in [2.45, 2.75) is 13.3 Å². The van der Waals surface area contributed by atoms with Crippen molar-refractivity contribution in [2.24, 2.45) is 0 Å². The second-order valence-electron chi connectivity index (χ2n) is 7.01. The molecule has 0 saturated heterocycles. The first kappa shape index (κ1) is 22.2. The van der Waals surface area contributed by atoms with E-state index in [1.54, 1.807) is 24.3 Å². The highest BCUT2D eigenvalue weighted by atomic mass is 35.5. The molecule has 0 aliphatic carbocycles. The minimum Gasteiger partial charge on any atom is -0.320 e. The van der Waals surface area contributed by atoms with E-state index < -0.39 is 11.7 Å².